The van der Waals surface area contributed by atoms with Crippen LogP contribution in [0.15, 0.2) is 47.4 Å². The molecule has 2 amide bonds. The number of nitrogens with two attached hydrogens (primary N) is 1. The number of benzene rings is 2. The van der Waals surface area contributed by atoms with Crippen LogP contribution >= 0.6 is 0 Å². The lowest BCUT2D eigenvalue weighted by Gasteiger charge is -2.23. The minimum Gasteiger partial charge on any atom is -0.490 e. The number of hydrogen-bond acceptors (Lipinski definition) is 7. The summed E-state index contributed by atoms with van der Waals surface area (Å²) < 4.78 is 34.1. The van der Waals surface area contributed by atoms with Crippen LogP contribution in [0.2, 0.25) is 0 Å². The van der Waals surface area contributed by atoms with E-state index in [0.29, 0.717) is 30.4 Å². The molecule has 1 atom stereocenters. The summed E-state index contributed by atoms with van der Waals surface area (Å²) in [5.41, 5.74) is 0.825. The Kier molecular flexibility index (Phi) is 9.21. The van der Waals surface area contributed by atoms with Gasteiger partial charge in [0.2, 0.25) is 21.8 Å². The average Bonchev–Trinajstić information content (AvgIpc) is 2.74. The van der Waals surface area contributed by atoms with Crippen molar-refractivity contribution in [3.63, 3.8) is 0 Å². The van der Waals surface area contributed by atoms with Gasteiger partial charge in [0.15, 0.2) is 11.5 Å². The molecule has 180 valence electrons. The van der Waals surface area contributed by atoms with Crippen LogP contribution in [0.4, 0.5) is 11.4 Å². The van der Waals surface area contributed by atoms with Crippen molar-refractivity contribution in [3.05, 3.63) is 42.5 Å². The van der Waals surface area contributed by atoms with Gasteiger partial charge in [-0.25, -0.2) is 13.6 Å². The van der Waals surface area contributed by atoms with E-state index >= 15 is 0 Å². The van der Waals surface area contributed by atoms with Crippen LogP contribution in [0, 0.1) is 0 Å². The van der Waals surface area contributed by atoms with Crippen LogP contribution in [0.5, 0.6) is 11.5 Å². The fraction of sp³-hybridized carbons (Fsp3) is 0.364. The zero-order chi connectivity index (χ0) is 24.6. The Balaban J connectivity index is 1.98. The maximum absolute atomic E-state index is 12.6. The lowest BCUT2D eigenvalue weighted by atomic mass is 10.2. The van der Waals surface area contributed by atoms with Crippen LogP contribution < -0.4 is 25.2 Å². The average molecular weight is 479 g/mol. The summed E-state index contributed by atoms with van der Waals surface area (Å²) in [6.07, 6.45) is 0. The first kappa shape index (κ1) is 26.1. The van der Waals surface area contributed by atoms with E-state index in [1.807, 2.05) is 13.8 Å². The number of hydrogen-bond donors (Lipinski definition) is 3. The van der Waals surface area contributed by atoms with Gasteiger partial charge in [0, 0.05) is 17.4 Å². The van der Waals surface area contributed by atoms with Crippen molar-refractivity contribution in [2.75, 3.05) is 37.4 Å². The van der Waals surface area contributed by atoms with Gasteiger partial charge < -0.3 is 20.1 Å². The molecule has 0 aliphatic carbocycles. The molecule has 0 saturated heterocycles. The van der Waals surface area contributed by atoms with Crippen LogP contribution in [0.1, 0.15) is 20.8 Å². The van der Waals surface area contributed by atoms with Crippen molar-refractivity contribution in [1.29, 1.82) is 0 Å². The second-order valence-corrected chi connectivity index (χ2v) is 8.79. The summed E-state index contributed by atoms with van der Waals surface area (Å²) in [7, 11) is -2.25. The molecule has 4 N–H and O–H groups in total. The Hall–Kier alpha value is -3.15. The number of carbonyl (C=O) groups excluding carboxylic acids is 2. The first-order chi connectivity index (χ1) is 15.5. The third kappa shape index (κ3) is 7.74. The van der Waals surface area contributed by atoms with Gasteiger partial charge in [-0.2, -0.15) is 0 Å². The number of sulfonamides is 1. The van der Waals surface area contributed by atoms with Crippen molar-refractivity contribution in [2.45, 2.75) is 31.7 Å². The molecule has 0 aliphatic heterocycles. The number of nitrogens with one attached hydrogen (secondary N) is 2. The van der Waals surface area contributed by atoms with Gasteiger partial charge in [-0.05, 0) is 58.2 Å². The summed E-state index contributed by atoms with van der Waals surface area (Å²) in [5, 5.41) is 10.5. The Morgan fingerprint density at radius 3 is 2.27 bits per heavy atom. The number of primary sulfonamides is 1. The Bertz CT molecular complexity index is 1090. The van der Waals surface area contributed by atoms with Gasteiger partial charge in [-0.1, -0.05) is 6.07 Å². The van der Waals surface area contributed by atoms with Gasteiger partial charge in [0.05, 0.1) is 30.7 Å². The van der Waals surface area contributed by atoms with E-state index in [9.17, 15) is 18.0 Å². The van der Waals surface area contributed by atoms with E-state index in [-0.39, 0.29) is 23.0 Å². The maximum atomic E-state index is 12.6. The van der Waals surface area contributed by atoms with Crippen molar-refractivity contribution in [2.24, 2.45) is 5.14 Å². The molecule has 0 heterocycles. The number of anilines is 2. The SMILES string of the molecule is CCOc1ccc(NC(=O)CN(C)C(C)C(=O)Nc2cccc(S(N)(=O)=O)c2)cc1OCC. The number of carbonyl (C=O) groups is 2. The minimum absolute atomic E-state index is 0.0526. The molecule has 0 bridgehead atoms. The van der Waals surface area contributed by atoms with Gasteiger partial charge in [0.1, 0.15) is 0 Å². The molecule has 2 rings (SSSR count). The summed E-state index contributed by atoms with van der Waals surface area (Å²) in [6, 6.07) is 10.1. The maximum Gasteiger partial charge on any atom is 0.241 e. The molecule has 0 spiro atoms. The molecule has 0 fully saturated rings. The van der Waals surface area contributed by atoms with Gasteiger partial charge in [-0.15, -0.1) is 0 Å². The Morgan fingerprint density at radius 1 is 1.00 bits per heavy atom. The third-order valence-corrected chi connectivity index (χ3v) is 5.60. The molecule has 0 aliphatic rings. The first-order valence-corrected chi connectivity index (χ1v) is 11.9. The van der Waals surface area contributed by atoms with Gasteiger partial charge in [-0.3, -0.25) is 14.5 Å². The van der Waals surface area contributed by atoms with E-state index in [4.69, 9.17) is 14.6 Å². The summed E-state index contributed by atoms with van der Waals surface area (Å²) in [6.45, 7) is 6.25. The number of ether oxygens (including phenoxy) is 2. The summed E-state index contributed by atoms with van der Waals surface area (Å²) >= 11 is 0. The van der Waals surface area contributed by atoms with Gasteiger partial charge >= 0.3 is 0 Å². The highest BCUT2D eigenvalue weighted by molar-refractivity contribution is 7.89. The fourth-order valence-corrected chi connectivity index (χ4v) is 3.45. The van der Waals surface area contributed by atoms with Gasteiger partial charge in [0.25, 0.3) is 0 Å². The second kappa shape index (κ2) is 11.6. The van der Waals surface area contributed by atoms with Crippen molar-refractivity contribution in [1.82, 2.24) is 4.90 Å². The van der Waals surface area contributed by atoms with Crippen LogP contribution in [0.3, 0.4) is 0 Å². The van der Waals surface area contributed by atoms with Crippen molar-refractivity contribution < 1.29 is 27.5 Å². The largest absolute Gasteiger partial charge is 0.490 e. The Labute approximate surface area is 194 Å². The number of likely N-dealkylation sites (N-methyl/N-ethyl adjacent to an activating group) is 1. The van der Waals surface area contributed by atoms with Crippen molar-refractivity contribution >= 4 is 33.2 Å². The third-order valence-electron chi connectivity index (χ3n) is 4.69. The molecule has 11 heteroatoms. The topological polar surface area (TPSA) is 140 Å². The molecule has 2 aromatic carbocycles. The van der Waals surface area contributed by atoms with E-state index in [0.717, 1.165) is 0 Å². The smallest absolute Gasteiger partial charge is 0.241 e. The van der Waals surface area contributed by atoms with E-state index in [1.54, 1.807) is 43.1 Å². The molecule has 0 radical (unpaired) electrons. The second-order valence-electron chi connectivity index (χ2n) is 7.23. The molecule has 10 nitrogen and oxygen atoms in total. The zero-order valence-corrected chi connectivity index (χ0v) is 19.9. The van der Waals surface area contributed by atoms with Crippen LogP contribution in [-0.4, -0.2) is 58.0 Å². The molecular formula is C22H30N4O6S. The normalized spacial score (nSPS) is 12.2. The minimum atomic E-state index is -3.89. The molecular weight excluding hydrogens is 448 g/mol. The lowest BCUT2D eigenvalue weighted by molar-refractivity contribution is -0.122. The van der Waals surface area contributed by atoms with Crippen LogP contribution in [0.25, 0.3) is 0 Å². The highest BCUT2D eigenvalue weighted by Crippen LogP contribution is 2.30. The van der Waals surface area contributed by atoms with Crippen molar-refractivity contribution in [3.8, 4) is 11.5 Å². The number of nitrogens with zero attached hydrogens (tertiary/aromatic N) is 1. The molecule has 1 unspecified atom stereocenters. The van der Waals surface area contributed by atoms with Crippen LogP contribution in [-0.2, 0) is 19.6 Å². The fourth-order valence-electron chi connectivity index (χ4n) is 2.89. The number of amides is 2. The van der Waals surface area contributed by atoms with E-state index < -0.39 is 22.0 Å². The predicted octanol–water partition coefficient (Wildman–Crippen LogP) is 2.03. The standard InChI is InChI=1S/C22H30N4O6S/c1-5-31-19-11-10-17(13-20(19)32-6-2)24-21(27)14-26(4)15(3)22(28)25-16-8-7-9-18(12-16)33(23,29)30/h7-13,15H,5-6,14H2,1-4H3,(H,24,27)(H,25,28)(H2,23,29,30). The van der Waals surface area contributed by atoms with E-state index in [2.05, 4.69) is 10.6 Å². The molecule has 0 saturated carbocycles. The summed E-state index contributed by atoms with van der Waals surface area (Å²) in [4.78, 5) is 26.5. The monoisotopic (exact) mass is 478 g/mol. The summed E-state index contributed by atoms with van der Waals surface area (Å²) in [5.74, 6) is 0.391. The highest BCUT2D eigenvalue weighted by Gasteiger charge is 2.21. The Morgan fingerprint density at radius 2 is 1.64 bits per heavy atom. The zero-order valence-electron chi connectivity index (χ0n) is 19.1. The number of rotatable bonds is 11. The van der Waals surface area contributed by atoms with E-state index in [1.165, 1.54) is 18.2 Å². The lowest BCUT2D eigenvalue weighted by Crippen LogP contribution is -2.43. The highest BCUT2D eigenvalue weighted by atomic mass is 32.2. The molecule has 0 aromatic heterocycles. The quantitative estimate of drug-likeness (QED) is 0.449. The first-order valence-electron chi connectivity index (χ1n) is 10.4. The predicted molar refractivity (Wildman–Crippen MR) is 126 cm³/mol. The molecule has 2 aromatic rings. The molecule has 33 heavy (non-hydrogen) atoms.